The average molecular weight is 290 g/mol. The molecule has 0 aliphatic heterocycles. The number of para-hydroxylation sites is 1. The van der Waals surface area contributed by atoms with Gasteiger partial charge in [-0.25, -0.2) is 0 Å². The molecule has 0 radical (unpaired) electrons. The lowest BCUT2D eigenvalue weighted by molar-refractivity contribution is 0.283. The second-order valence-electron chi connectivity index (χ2n) is 4.94. The Bertz CT molecular complexity index is 773. The molecule has 0 unspecified atom stereocenters. The van der Waals surface area contributed by atoms with E-state index in [4.69, 9.17) is 11.6 Å². The number of rotatable bonds is 3. The summed E-state index contributed by atoms with van der Waals surface area (Å²) in [4.78, 5) is 0. The molecule has 1 N–H and O–H groups in total. The Kier molecular flexibility index (Phi) is 3.28. The molecule has 0 atom stereocenters. The van der Waals surface area contributed by atoms with E-state index in [1.54, 1.807) is 4.68 Å². The zero-order chi connectivity index (χ0) is 14.3. The van der Waals surface area contributed by atoms with Crippen molar-refractivity contribution in [2.24, 2.45) is 7.05 Å². The highest BCUT2D eigenvalue weighted by Crippen LogP contribution is 2.25. The number of nitrogens with zero attached hydrogens (tertiary/aromatic N) is 3. The van der Waals surface area contributed by atoms with Gasteiger partial charge in [0.15, 0.2) is 0 Å². The van der Waals surface area contributed by atoms with E-state index in [9.17, 15) is 5.11 Å². The molecule has 0 bridgehead atoms. The van der Waals surface area contributed by atoms with Gasteiger partial charge in [-0.15, -0.1) is 0 Å². The molecule has 0 amide bonds. The van der Waals surface area contributed by atoms with Crippen LogP contribution in [0.4, 0.5) is 0 Å². The molecular formula is C15H16ClN3O. The normalized spacial score (nSPS) is 11.4. The topological polar surface area (TPSA) is 43.0 Å². The third-order valence-corrected chi connectivity index (χ3v) is 4.11. The molecule has 5 heteroatoms. The highest BCUT2D eigenvalue weighted by atomic mass is 35.5. The molecule has 0 saturated carbocycles. The van der Waals surface area contributed by atoms with Crippen LogP contribution in [0.15, 0.2) is 30.5 Å². The second kappa shape index (κ2) is 4.96. The van der Waals surface area contributed by atoms with E-state index in [2.05, 4.69) is 9.67 Å². The first-order chi connectivity index (χ1) is 9.61. The van der Waals surface area contributed by atoms with Gasteiger partial charge < -0.3 is 9.67 Å². The van der Waals surface area contributed by atoms with E-state index in [-0.39, 0.29) is 6.61 Å². The maximum Gasteiger partial charge on any atom is 0.131 e. The summed E-state index contributed by atoms with van der Waals surface area (Å²) in [5.41, 5.74) is 3.97. The molecule has 3 aromatic rings. The first-order valence-corrected chi connectivity index (χ1v) is 6.85. The van der Waals surface area contributed by atoms with Crippen molar-refractivity contribution in [3.63, 3.8) is 0 Å². The highest BCUT2D eigenvalue weighted by molar-refractivity contribution is 6.30. The highest BCUT2D eigenvalue weighted by Gasteiger charge is 2.14. The summed E-state index contributed by atoms with van der Waals surface area (Å²) in [7, 11) is 1.84. The van der Waals surface area contributed by atoms with E-state index in [1.807, 2.05) is 44.4 Å². The van der Waals surface area contributed by atoms with Crippen LogP contribution in [0, 0.1) is 6.92 Å². The molecule has 0 saturated heterocycles. The predicted molar refractivity (Wildman–Crippen MR) is 79.9 cm³/mol. The summed E-state index contributed by atoms with van der Waals surface area (Å²) in [6, 6.07) is 8.05. The van der Waals surface area contributed by atoms with Gasteiger partial charge in [0.25, 0.3) is 0 Å². The largest absolute Gasteiger partial charge is 0.392 e. The summed E-state index contributed by atoms with van der Waals surface area (Å²) in [5, 5.41) is 15.5. The van der Waals surface area contributed by atoms with Gasteiger partial charge in [-0.3, -0.25) is 4.68 Å². The zero-order valence-corrected chi connectivity index (χ0v) is 12.2. The molecule has 0 aliphatic rings. The number of aryl methyl sites for hydroxylation is 2. The maximum atomic E-state index is 9.47. The van der Waals surface area contributed by atoms with E-state index >= 15 is 0 Å². The van der Waals surface area contributed by atoms with Crippen LogP contribution in [0.25, 0.3) is 10.9 Å². The van der Waals surface area contributed by atoms with Gasteiger partial charge in [-0.2, -0.15) is 5.10 Å². The molecule has 2 aromatic heterocycles. The minimum atomic E-state index is 0.0350. The van der Waals surface area contributed by atoms with Crippen LogP contribution in [0.5, 0.6) is 0 Å². The maximum absolute atomic E-state index is 9.47. The average Bonchev–Trinajstić information content (AvgIpc) is 2.92. The second-order valence-corrected chi connectivity index (χ2v) is 5.29. The lowest BCUT2D eigenvalue weighted by Crippen LogP contribution is -1.99. The molecule has 0 aliphatic carbocycles. The Morgan fingerprint density at radius 2 is 2.05 bits per heavy atom. The van der Waals surface area contributed by atoms with Gasteiger partial charge in [0.1, 0.15) is 5.15 Å². The van der Waals surface area contributed by atoms with E-state index in [0.717, 1.165) is 27.7 Å². The van der Waals surface area contributed by atoms with Gasteiger partial charge in [-0.05, 0) is 13.0 Å². The zero-order valence-electron chi connectivity index (χ0n) is 11.5. The number of aliphatic hydroxyl groups excluding tert-OH is 1. The van der Waals surface area contributed by atoms with Crippen molar-refractivity contribution in [1.82, 2.24) is 14.3 Å². The van der Waals surface area contributed by atoms with Crippen molar-refractivity contribution < 1.29 is 5.11 Å². The quantitative estimate of drug-likeness (QED) is 0.806. The Hall–Kier alpha value is -1.78. The van der Waals surface area contributed by atoms with Gasteiger partial charge in [0.05, 0.1) is 18.8 Å². The lowest BCUT2D eigenvalue weighted by Gasteiger charge is -2.05. The number of aromatic nitrogens is 3. The first kappa shape index (κ1) is 13.2. The van der Waals surface area contributed by atoms with Crippen molar-refractivity contribution in [2.75, 3.05) is 0 Å². The Morgan fingerprint density at radius 3 is 2.70 bits per heavy atom. The van der Waals surface area contributed by atoms with Crippen LogP contribution in [0.1, 0.15) is 16.8 Å². The van der Waals surface area contributed by atoms with Crippen LogP contribution in [0.2, 0.25) is 5.15 Å². The Labute approximate surface area is 122 Å². The molecule has 104 valence electrons. The van der Waals surface area contributed by atoms with Gasteiger partial charge in [0.2, 0.25) is 0 Å². The minimum Gasteiger partial charge on any atom is -0.392 e. The number of hydrogen-bond donors (Lipinski definition) is 1. The summed E-state index contributed by atoms with van der Waals surface area (Å²) in [6.45, 7) is 2.64. The smallest absolute Gasteiger partial charge is 0.131 e. The van der Waals surface area contributed by atoms with Crippen LogP contribution < -0.4 is 0 Å². The first-order valence-electron chi connectivity index (χ1n) is 6.47. The lowest BCUT2D eigenvalue weighted by atomic mass is 10.2. The number of hydrogen-bond acceptors (Lipinski definition) is 2. The monoisotopic (exact) mass is 289 g/mol. The summed E-state index contributed by atoms with van der Waals surface area (Å²) in [6.07, 6.45) is 1.98. The van der Waals surface area contributed by atoms with Crippen molar-refractivity contribution in [3.8, 4) is 0 Å². The third-order valence-electron chi connectivity index (χ3n) is 3.64. The molecular weight excluding hydrogens is 274 g/mol. The fraction of sp³-hybridized carbons (Fsp3) is 0.267. The van der Waals surface area contributed by atoms with E-state index < -0.39 is 0 Å². The van der Waals surface area contributed by atoms with Crippen LogP contribution in [-0.4, -0.2) is 19.5 Å². The van der Waals surface area contributed by atoms with Crippen molar-refractivity contribution in [3.05, 3.63) is 52.4 Å². The minimum absolute atomic E-state index is 0.0350. The predicted octanol–water partition coefficient (Wildman–Crippen LogP) is 2.88. The summed E-state index contributed by atoms with van der Waals surface area (Å²) >= 11 is 6.29. The standard InChI is InChI=1S/C15H16ClN3O/c1-10-13(15(16)18(2)17-10)8-19-7-11(9-20)12-5-3-4-6-14(12)19/h3-7,20H,8-9H2,1-2H3. The summed E-state index contributed by atoms with van der Waals surface area (Å²) < 4.78 is 3.79. The van der Waals surface area contributed by atoms with Gasteiger partial charge in [0, 0.05) is 35.3 Å². The van der Waals surface area contributed by atoms with Gasteiger partial charge in [-0.1, -0.05) is 29.8 Å². The third kappa shape index (κ3) is 2.01. The SMILES string of the molecule is Cc1nn(C)c(Cl)c1Cn1cc(CO)c2ccccc21. The molecule has 0 fully saturated rings. The number of aliphatic hydroxyl groups is 1. The van der Waals surface area contributed by atoms with Crippen LogP contribution in [0.3, 0.4) is 0 Å². The Morgan fingerprint density at radius 1 is 1.30 bits per heavy atom. The molecule has 2 heterocycles. The molecule has 1 aromatic carbocycles. The Balaban J connectivity index is 2.11. The number of benzene rings is 1. The van der Waals surface area contributed by atoms with Gasteiger partial charge >= 0.3 is 0 Å². The molecule has 20 heavy (non-hydrogen) atoms. The fourth-order valence-electron chi connectivity index (χ4n) is 2.60. The van der Waals surface area contributed by atoms with Crippen molar-refractivity contribution >= 4 is 22.5 Å². The van der Waals surface area contributed by atoms with Crippen molar-refractivity contribution in [2.45, 2.75) is 20.1 Å². The van der Waals surface area contributed by atoms with Crippen LogP contribution in [-0.2, 0) is 20.2 Å². The van der Waals surface area contributed by atoms with Crippen LogP contribution >= 0.6 is 11.6 Å². The van der Waals surface area contributed by atoms with Crippen molar-refractivity contribution in [1.29, 1.82) is 0 Å². The fourth-order valence-corrected chi connectivity index (χ4v) is 2.84. The van der Waals surface area contributed by atoms with E-state index in [1.165, 1.54) is 0 Å². The number of fused-ring (bicyclic) bond motifs is 1. The molecule has 4 nitrogen and oxygen atoms in total. The van der Waals surface area contributed by atoms with E-state index in [0.29, 0.717) is 11.7 Å². The summed E-state index contributed by atoms with van der Waals surface area (Å²) in [5.74, 6) is 0. The molecule has 0 spiro atoms. The molecule has 3 rings (SSSR count). The number of halogens is 1.